The van der Waals surface area contributed by atoms with Gasteiger partial charge in [-0.15, -0.1) is 0 Å². The van der Waals surface area contributed by atoms with Crippen molar-refractivity contribution >= 4 is 27.8 Å². The lowest BCUT2D eigenvalue weighted by molar-refractivity contribution is -0.155. The summed E-state index contributed by atoms with van der Waals surface area (Å²) in [5.41, 5.74) is 0.105. The largest absolute Gasteiger partial charge is 0.454 e. The van der Waals surface area contributed by atoms with Crippen LogP contribution in [0, 0.1) is 5.92 Å². The minimum Gasteiger partial charge on any atom is -0.454 e. The van der Waals surface area contributed by atoms with Crippen molar-refractivity contribution < 1.29 is 27.5 Å². The molecule has 0 fully saturated rings. The molecule has 0 saturated heterocycles. The zero-order valence-electron chi connectivity index (χ0n) is 21.5. The van der Waals surface area contributed by atoms with Gasteiger partial charge < -0.3 is 15.0 Å². The van der Waals surface area contributed by atoms with Gasteiger partial charge in [-0.1, -0.05) is 33.8 Å². The molecule has 0 aliphatic rings. The van der Waals surface area contributed by atoms with Gasteiger partial charge in [0.1, 0.15) is 6.04 Å². The average molecular weight is 498 g/mol. The van der Waals surface area contributed by atoms with E-state index in [0.717, 1.165) is 0 Å². The molecule has 1 aromatic carbocycles. The van der Waals surface area contributed by atoms with E-state index < -0.39 is 34.5 Å². The zero-order valence-corrected chi connectivity index (χ0v) is 22.3. The first-order valence-electron chi connectivity index (χ1n) is 11.7. The Morgan fingerprint density at radius 1 is 0.971 bits per heavy atom. The molecular weight excluding hydrogens is 458 g/mol. The predicted molar refractivity (Wildman–Crippen MR) is 131 cm³/mol. The second kappa shape index (κ2) is 12.9. The van der Waals surface area contributed by atoms with E-state index in [2.05, 4.69) is 5.32 Å². The molecular formula is C24H39N3O6S. The molecule has 0 bridgehead atoms. The molecule has 192 valence electrons. The molecule has 0 saturated carbocycles. The van der Waals surface area contributed by atoms with Crippen molar-refractivity contribution in [2.75, 3.05) is 19.7 Å². The lowest BCUT2D eigenvalue weighted by Gasteiger charge is -2.31. The number of benzene rings is 1. The number of hydrogen-bond donors (Lipinski definition) is 1. The average Bonchev–Trinajstić information content (AvgIpc) is 2.75. The van der Waals surface area contributed by atoms with Gasteiger partial charge in [-0.3, -0.25) is 9.59 Å². The third-order valence-corrected chi connectivity index (χ3v) is 7.43. The molecule has 0 aromatic heterocycles. The van der Waals surface area contributed by atoms with Gasteiger partial charge >= 0.3 is 5.97 Å². The lowest BCUT2D eigenvalue weighted by Crippen LogP contribution is -2.48. The predicted octanol–water partition coefficient (Wildman–Crippen LogP) is 2.66. The second-order valence-corrected chi connectivity index (χ2v) is 10.8. The first kappa shape index (κ1) is 29.6. The minimum absolute atomic E-state index is 0.000539. The Labute approximate surface area is 203 Å². The number of ether oxygens (including phenoxy) is 1. The second-order valence-electron chi connectivity index (χ2n) is 8.91. The summed E-state index contributed by atoms with van der Waals surface area (Å²) in [6.45, 7) is 14.7. The highest BCUT2D eigenvalue weighted by Gasteiger charge is 2.29. The Balaban J connectivity index is 3.00. The maximum absolute atomic E-state index is 12.9. The van der Waals surface area contributed by atoms with Crippen LogP contribution in [0.5, 0.6) is 0 Å². The summed E-state index contributed by atoms with van der Waals surface area (Å²) in [7, 11) is -3.74. The molecule has 0 aliphatic heterocycles. The van der Waals surface area contributed by atoms with Crippen molar-refractivity contribution in [1.82, 2.24) is 14.5 Å². The van der Waals surface area contributed by atoms with Gasteiger partial charge in [0.15, 0.2) is 6.61 Å². The van der Waals surface area contributed by atoms with Crippen molar-refractivity contribution in [2.45, 2.75) is 78.4 Å². The number of esters is 1. The van der Waals surface area contributed by atoms with Crippen molar-refractivity contribution in [1.29, 1.82) is 0 Å². The smallest absolute Gasteiger partial charge is 0.329 e. The van der Waals surface area contributed by atoms with E-state index >= 15 is 0 Å². The Morgan fingerprint density at radius 3 is 2.00 bits per heavy atom. The van der Waals surface area contributed by atoms with E-state index in [9.17, 15) is 22.8 Å². The molecule has 0 spiro atoms. The topological polar surface area (TPSA) is 113 Å². The Hall–Kier alpha value is -2.46. The third kappa shape index (κ3) is 7.53. The lowest BCUT2D eigenvalue weighted by atomic mass is 10.0. The molecule has 0 radical (unpaired) electrons. The van der Waals surface area contributed by atoms with E-state index in [0.29, 0.717) is 13.1 Å². The van der Waals surface area contributed by atoms with E-state index in [1.54, 1.807) is 32.6 Å². The fourth-order valence-electron chi connectivity index (χ4n) is 3.70. The molecule has 9 nitrogen and oxygen atoms in total. The van der Waals surface area contributed by atoms with Gasteiger partial charge in [-0.2, -0.15) is 4.31 Å². The van der Waals surface area contributed by atoms with Gasteiger partial charge in [0.2, 0.25) is 10.0 Å². The van der Waals surface area contributed by atoms with Crippen LogP contribution in [0.15, 0.2) is 29.2 Å². The Morgan fingerprint density at radius 2 is 1.53 bits per heavy atom. The maximum Gasteiger partial charge on any atom is 0.329 e. The SMILES string of the molecule is CCN(CC)S(=O)(=O)c1cccc(C(=O)N[C@H](C(=O)OCC(=O)N(C(C)C)C(C)C)C(C)C)c1. The molecule has 0 unspecified atom stereocenters. The van der Waals surface area contributed by atoms with E-state index in [1.807, 2.05) is 27.7 Å². The van der Waals surface area contributed by atoms with Gasteiger partial charge in [0, 0.05) is 30.7 Å². The van der Waals surface area contributed by atoms with Crippen molar-refractivity contribution in [3.8, 4) is 0 Å². The normalized spacial score (nSPS) is 12.8. The molecule has 34 heavy (non-hydrogen) atoms. The van der Waals surface area contributed by atoms with E-state index in [4.69, 9.17) is 4.74 Å². The highest BCUT2D eigenvalue weighted by molar-refractivity contribution is 7.89. The van der Waals surface area contributed by atoms with Crippen LogP contribution in [0.3, 0.4) is 0 Å². The number of carbonyl (C=O) groups excluding carboxylic acids is 3. The van der Waals surface area contributed by atoms with Crippen LogP contribution in [0.25, 0.3) is 0 Å². The third-order valence-electron chi connectivity index (χ3n) is 5.39. The monoisotopic (exact) mass is 497 g/mol. The summed E-state index contributed by atoms with van der Waals surface area (Å²) in [6.07, 6.45) is 0. The number of sulfonamides is 1. The van der Waals surface area contributed by atoms with Crippen molar-refractivity contribution in [3.05, 3.63) is 29.8 Å². The van der Waals surface area contributed by atoms with Crippen LogP contribution in [0.2, 0.25) is 0 Å². The highest BCUT2D eigenvalue weighted by atomic mass is 32.2. The summed E-state index contributed by atoms with van der Waals surface area (Å²) < 4.78 is 32.1. The van der Waals surface area contributed by atoms with Crippen LogP contribution in [0.4, 0.5) is 0 Å². The molecule has 10 heteroatoms. The molecule has 0 aliphatic carbocycles. The summed E-state index contributed by atoms with van der Waals surface area (Å²) in [4.78, 5) is 39.7. The van der Waals surface area contributed by atoms with Crippen LogP contribution < -0.4 is 5.32 Å². The number of nitrogens with one attached hydrogen (secondary N) is 1. The standard InChI is InChI=1S/C24H39N3O6S/c1-9-26(10-2)34(31,32)20-13-11-12-19(14-20)23(29)25-22(16(3)4)24(30)33-15-21(28)27(17(5)6)18(7)8/h11-14,16-18,22H,9-10,15H2,1-8H3,(H,25,29)/t22-/m0/s1. The number of amides is 2. The van der Waals surface area contributed by atoms with Gasteiger partial charge in [0.05, 0.1) is 4.90 Å². The Kier molecular flexibility index (Phi) is 11.2. The first-order valence-corrected chi connectivity index (χ1v) is 13.1. The van der Waals surface area contributed by atoms with Gasteiger partial charge in [0.25, 0.3) is 11.8 Å². The summed E-state index contributed by atoms with van der Waals surface area (Å²) in [5, 5.41) is 2.62. The molecule has 1 aromatic rings. The summed E-state index contributed by atoms with van der Waals surface area (Å²) in [6, 6.07) is 4.58. The quantitative estimate of drug-likeness (QED) is 0.444. The summed E-state index contributed by atoms with van der Waals surface area (Å²) >= 11 is 0. The number of rotatable bonds is 12. The molecule has 1 N–H and O–H groups in total. The fraction of sp³-hybridized carbons (Fsp3) is 0.625. The van der Waals surface area contributed by atoms with Crippen LogP contribution in [-0.4, -0.2) is 73.2 Å². The Bertz CT molecular complexity index is 947. The number of carbonyl (C=O) groups is 3. The highest BCUT2D eigenvalue weighted by Crippen LogP contribution is 2.17. The molecule has 1 rings (SSSR count). The van der Waals surface area contributed by atoms with Gasteiger partial charge in [-0.25, -0.2) is 13.2 Å². The fourth-order valence-corrected chi connectivity index (χ4v) is 5.21. The molecule has 2 amide bonds. The first-order chi connectivity index (χ1) is 15.8. The molecule has 1 atom stereocenters. The summed E-state index contributed by atoms with van der Waals surface area (Å²) in [5.74, 6) is -1.97. The zero-order chi connectivity index (χ0) is 26.2. The van der Waals surface area contributed by atoms with E-state index in [1.165, 1.54) is 28.6 Å². The van der Waals surface area contributed by atoms with Crippen molar-refractivity contribution in [3.63, 3.8) is 0 Å². The van der Waals surface area contributed by atoms with Crippen LogP contribution in [0.1, 0.15) is 65.7 Å². The van der Waals surface area contributed by atoms with E-state index in [-0.39, 0.29) is 34.4 Å². The minimum atomic E-state index is -3.74. The number of hydrogen-bond acceptors (Lipinski definition) is 6. The van der Waals surface area contributed by atoms with Crippen LogP contribution in [-0.2, 0) is 24.3 Å². The van der Waals surface area contributed by atoms with Crippen molar-refractivity contribution in [2.24, 2.45) is 5.92 Å². The molecule has 0 heterocycles. The number of nitrogens with zero attached hydrogens (tertiary/aromatic N) is 2. The maximum atomic E-state index is 12.9. The van der Waals surface area contributed by atoms with Crippen LogP contribution >= 0.6 is 0 Å². The van der Waals surface area contributed by atoms with Gasteiger partial charge in [-0.05, 0) is 51.8 Å².